The van der Waals surface area contributed by atoms with Crippen molar-refractivity contribution in [1.29, 1.82) is 0 Å². The molecule has 3 atom stereocenters. The predicted molar refractivity (Wildman–Crippen MR) is 83.4 cm³/mol. The normalized spacial score (nSPS) is 28.3. The molecule has 0 radical (unpaired) electrons. The van der Waals surface area contributed by atoms with Crippen LogP contribution in [0.5, 0.6) is 0 Å². The second kappa shape index (κ2) is 6.71. The first-order valence-electron chi connectivity index (χ1n) is 8.08. The van der Waals surface area contributed by atoms with Gasteiger partial charge in [-0.2, -0.15) is 0 Å². The summed E-state index contributed by atoms with van der Waals surface area (Å²) in [5.41, 5.74) is 1.16. The van der Waals surface area contributed by atoms with Crippen LogP contribution >= 0.6 is 0 Å². The van der Waals surface area contributed by atoms with Gasteiger partial charge in [-0.1, -0.05) is 45.4 Å². The molecule has 1 heterocycles. The molecule has 1 fully saturated rings. The van der Waals surface area contributed by atoms with Crippen molar-refractivity contribution in [3.63, 3.8) is 0 Å². The summed E-state index contributed by atoms with van der Waals surface area (Å²) in [5.74, 6) is 0.974. The van der Waals surface area contributed by atoms with E-state index in [9.17, 15) is 4.39 Å². The van der Waals surface area contributed by atoms with Crippen LogP contribution in [-0.2, 0) is 0 Å². The SMILES string of the molecule is CCC(C)CC1(CC)CCNCC1c1ccccc1F. The maximum atomic E-state index is 14.2. The van der Waals surface area contributed by atoms with Crippen LogP contribution < -0.4 is 5.32 Å². The number of hydrogen-bond donors (Lipinski definition) is 1. The van der Waals surface area contributed by atoms with Gasteiger partial charge in [0.25, 0.3) is 0 Å². The fourth-order valence-electron chi connectivity index (χ4n) is 3.82. The van der Waals surface area contributed by atoms with Gasteiger partial charge in [0.15, 0.2) is 0 Å². The van der Waals surface area contributed by atoms with E-state index in [1.54, 1.807) is 12.1 Å². The van der Waals surface area contributed by atoms with Crippen molar-refractivity contribution in [2.75, 3.05) is 13.1 Å². The second-order valence-corrected chi connectivity index (χ2v) is 6.46. The fraction of sp³-hybridized carbons (Fsp3) is 0.667. The van der Waals surface area contributed by atoms with Crippen molar-refractivity contribution >= 4 is 0 Å². The van der Waals surface area contributed by atoms with Crippen molar-refractivity contribution in [2.24, 2.45) is 11.3 Å². The highest BCUT2D eigenvalue weighted by atomic mass is 19.1. The second-order valence-electron chi connectivity index (χ2n) is 6.46. The monoisotopic (exact) mass is 277 g/mol. The molecule has 0 bridgehead atoms. The van der Waals surface area contributed by atoms with Crippen molar-refractivity contribution in [2.45, 2.75) is 52.4 Å². The highest BCUT2D eigenvalue weighted by Crippen LogP contribution is 2.48. The molecule has 1 aromatic rings. The lowest BCUT2D eigenvalue weighted by Gasteiger charge is -2.46. The minimum Gasteiger partial charge on any atom is -0.316 e. The van der Waals surface area contributed by atoms with Crippen molar-refractivity contribution in [1.82, 2.24) is 5.32 Å². The summed E-state index contributed by atoms with van der Waals surface area (Å²) in [4.78, 5) is 0. The van der Waals surface area contributed by atoms with E-state index in [0.29, 0.717) is 11.8 Å². The molecule has 0 aromatic heterocycles. The fourth-order valence-corrected chi connectivity index (χ4v) is 3.82. The minimum atomic E-state index is -0.0387. The molecule has 20 heavy (non-hydrogen) atoms. The van der Waals surface area contributed by atoms with Crippen molar-refractivity contribution in [3.8, 4) is 0 Å². The highest BCUT2D eigenvalue weighted by Gasteiger charge is 2.41. The molecule has 1 aliphatic rings. The third-order valence-electron chi connectivity index (χ3n) is 5.32. The van der Waals surface area contributed by atoms with E-state index >= 15 is 0 Å². The quantitative estimate of drug-likeness (QED) is 0.820. The van der Waals surface area contributed by atoms with Gasteiger partial charge in [-0.3, -0.25) is 0 Å². The molecule has 3 unspecified atom stereocenters. The Morgan fingerprint density at radius 3 is 2.75 bits per heavy atom. The number of piperidine rings is 1. The van der Waals surface area contributed by atoms with Crippen LogP contribution in [0.1, 0.15) is 57.9 Å². The summed E-state index contributed by atoms with van der Waals surface area (Å²) in [6.07, 6.45) is 4.71. The van der Waals surface area contributed by atoms with E-state index in [2.05, 4.69) is 26.1 Å². The maximum Gasteiger partial charge on any atom is 0.126 e. The summed E-state index contributed by atoms with van der Waals surface area (Å²) in [5, 5.41) is 3.47. The van der Waals surface area contributed by atoms with E-state index in [4.69, 9.17) is 0 Å². The molecular weight excluding hydrogens is 249 g/mol. The zero-order valence-corrected chi connectivity index (χ0v) is 13.1. The number of hydrogen-bond acceptors (Lipinski definition) is 1. The molecule has 0 aliphatic carbocycles. The zero-order valence-electron chi connectivity index (χ0n) is 13.1. The van der Waals surface area contributed by atoms with Gasteiger partial charge < -0.3 is 5.32 Å². The van der Waals surface area contributed by atoms with Crippen LogP contribution in [-0.4, -0.2) is 13.1 Å². The zero-order chi connectivity index (χ0) is 14.6. The van der Waals surface area contributed by atoms with Crippen molar-refractivity contribution in [3.05, 3.63) is 35.6 Å². The van der Waals surface area contributed by atoms with Gasteiger partial charge in [-0.25, -0.2) is 4.39 Å². The topological polar surface area (TPSA) is 12.0 Å². The molecule has 0 amide bonds. The summed E-state index contributed by atoms with van der Waals surface area (Å²) >= 11 is 0. The number of rotatable bonds is 5. The molecular formula is C18H28FN. The van der Waals surface area contributed by atoms with Crippen molar-refractivity contribution < 1.29 is 4.39 Å². The molecule has 1 saturated heterocycles. The van der Waals surface area contributed by atoms with Gasteiger partial charge >= 0.3 is 0 Å². The van der Waals surface area contributed by atoms with Crippen LogP contribution in [0.15, 0.2) is 24.3 Å². The Kier molecular flexibility index (Phi) is 5.20. The first-order valence-corrected chi connectivity index (χ1v) is 8.08. The van der Waals surface area contributed by atoms with Crippen LogP contribution in [0.25, 0.3) is 0 Å². The van der Waals surface area contributed by atoms with Crippen LogP contribution in [0.4, 0.5) is 4.39 Å². The third kappa shape index (κ3) is 3.06. The lowest BCUT2D eigenvalue weighted by Crippen LogP contribution is -2.44. The Hall–Kier alpha value is -0.890. The average Bonchev–Trinajstić information content (AvgIpc) is 2.48. The Labute approximate surface area is 123 Å². The molecule has 0 saturated carbocycles. The molecule has 1 N–H and O–H groups in total. The minimum absolute atomic E-state index is 0.0387. The van der Waals surface area contributed by atoms with E-state index in [-0.39, 0.29) is 11.2 Å². The van der Waals surface area contributed by atoms with Gasteiger partial charge in [-0.05, 0) is 48.8 Å². The number of benzene rings is 1. The Balaban J connectivity index is 2.34. The van der Waals surface area contributed by atoms with E-state index in [1.807, 2.05) is 12.1 Å². The highest BCUT2D eigenvalue weighted by molar-refractivity contribution is 5.25. The standard InChI is InChI=1S/C18H28FN/c1-4-14(3)12-18(5-2)10-11-20-13-16(18)15-8-6-7-9-17(15)19/h6-9,14,16,20H,4-5,10-13H2,1-3H3. The summed E-state index contributed by atoms with van der Waals surface area (Å²) < 4.78 is 14.2. The first-order chi connectivity index (χ1) is 9.63. The molecule has 2 rings (SSSR count). The number of nitrogens with one attached hydrogen (secondary N) is 1. The van der Waals surface area contributed by atoms with E-state index in [0.717, 1.165) is 31.5 Å². The van der Waals surface area contributed by atoms with Gasteiger partial charge in [0, 0.05) is 12.5 Å². The first kappa shape index (κ1) is 15.5. The third-order valence-corrected chi connectivity index (χ3v) is 5.32. The van der Waals surface area contributed by atoms with Gasteiger partial charge in [-0.15, -0.1) is 0 Å². The lowest BCUT2D eigenvalue weighted by molar-refractivity contribution is 0.114. The van der Waals surface area contributed by atoms with Crippen LogP contribution in [0.3, 0.4) is 0 Å². The smallest absolute Gasteiger partial charge is 0.126 e. The summed E-state index contributed by atoms with van der Waals surface area (Å²) in [6.45, 7) is 8.84. The Morgan fingerprint density at radius 1 is 1.35 bits per heavy atom. The average molecular weight is 277 g/mol. The predicted octanol–water partition coefficient (Wildman–Crippen LogP) is 4.74. The van der Waals surface area contributed by atoms with E-state index in [1.165, 1.54) is 12.8 Å². The molecule has 2 heteroatoms. The van der Waals surface area contributed by atoms with E-state index < -0.39 is 0 Å². The van der Waals surface area contributed by atoms with Crippen LogP contribution in [0, 0.1) is 17.2 Å². The molecule has 1 aliphatic heterocycles. The number of halogens is 1. The lowest BCUT2D eigenvalue weighted by atomic mass is 9.62. The summed E-state index contributed by atoms with van der Waals surface area (Å²) in [7, 11) is 0. The summed E-state index contributed by atoms with van der Waals surface area (Å²) in [6, 6.07) is 7.34. The molecule has 0 spiro atoms. The Morgan fingerprint density at radius 2 is 2.10 bits per heavy atom. The Bertz CT molecular complexity index is 431. The van der Waals surface area contributed by atoms with Crippen LogP contribution in [0.2, 0.25) is 0 Å². The molecule has 1 aromatic carbocycles. The maximum absolute atomic E-state index is 14.2. The molecule has 1 nitrogen and oxygen atoms in total. The van der Waals surface area contributed by atoms with Gasteiger partial charge in [0.1, 0.15) is 5.82 Å². The largest absolute Gasteiger partial charge is 0.316 e. The van der Waals surface area contributed by atoms with Gasteiger partial charge in [0.2, 0.25) is 0 Å². The molecule has 112 valence electrons. The van der Waals surface area contributed by atoms with Gasteiger partial charge in [0.05, 0.1) is 0 Å².